The van der Waals surface area contributed by atoms with Crippen LogP contribution in [-0.2, 0) is 59.4 Å². The Kier molecular flexibility index (Phi) is 17.1. The van der Waals surface area contributed by atoms with Crippen molar-refractivity contribution in [1.82, 2.24) is 25.8 Å². The Bertz CT molecular complexity index is 2560. The van der Waals surface area contributed by atoms with Gasteiger partial charge in [0.05, 0.1) is 58.7 Å². The van der Waals surface area contributed by atoms with Gasteiger partial charge in [0, 0.05) is 32.2 Å². The van der Waals surface area contributed by atoms with E-state index in [1.807, 2.05) is 114 Å². The Morgan fingerprint density at radius 3 is 2.27 bits per heavy atom. The van der Waals surface area contributed by atoms with Gasteiger partial charge in [-0.3, -0.25) is 33.7 Å². The minimum absolute atomic E-state index is 0.00742. The zero-order valence-corrected chi connectivity index (χ0v) is 42.6. The van der Waals surface area contributed by atoms with Crippen LogP contribution >= 0.6 is 11.3 Å². The zero-order chi connectivity index (χ0) is 51.1. The van der Waals surface area contributed by atoms with Crippen LogP contribution in [0.25, 0.3) is 10.4 Å². The van der Waals surface area contributed by atoms with Crippen molar-refractivity contribution in [2.45, 2.75) is 161 Å². The van der Waals surface area contributed by atoms with Crippen LogP contribution in [0.5, 0.6) is 0 Å². The first-order chi connectivity index (χ1) is 33.8. The zero-order valence-electron chi connectivity index (χ0n) is 41.7. The first-order valence-corrected chi connectivity index (χ1v) is 25.7. The Hall–Kier alpha value is -6.01. The van der Waals surface area contributed by atoms with Crippen molar-refractivity contribution >= 4 is 52.5 Å². The molecule has 0 radical (unpaired) electrons. The molecule has 0 unspecified atom stereocenters. The maximum absolute atomic E-state index is 14.2. The van der Waals surface area contributed by atoms with Crippen LogP contribution in [0.3, 0.4) is 0 Å². The fraction of sp³-hybridized carbons (Fsp3) is 0.500. The van der Waals surface area contributed by atoms with Crippen molar-refractivity contribution in [1.29, 1.82) is 0 Å². The summed E-state index contributed by atoms with van der Waals surface area (Å²) < 4.78 is 6.26. The summed E-state index contributed by atoms with van der Waals surface area (Å²) in [5.41, 5.74) is 20.5. The number of amides is 6. The summed E-state index contributed by atoms with van der Waals surface area (Å²) in [6.45, 7) is 11.5. The molecular formula is C54H70N8O8S. The molecule has 71 heavy (non-hydrogen) atoms. The average molecular weight is 991 g/mol. The van der Waals surface area contributed by atoms with E-state index < -0.39 is 59.6 Å². The summed E-state index contributed by atoms with van der Waals surface area (Å²) in [6.07, 6.45) is 2.80. The minimum Gasteiger partial charge on any atom is -0.391 e. The summed E-state index contributed by atoms with van der Waals surface area (Å²) in [7, 11) is 0. The fourth-order valence-electron chi connectivity index (χ4n) is 9.87. The predicted octanol–water partition coefficient (Wildman–Crippen LogP) is 5.09. The van der Waals surface area contributed by atoms with E-state index in [4.69, 9.17) is 16.2 Å². The molecule has 16 nitrogen and oxygen atoms in total. The Labute approximate surface area is 420 Å². The normalized spacial score (nSPS) is 20.4. The molecule has 3 aliphatic rings. The molecule has 4 aromatic rings. The van der Waals surface area contributed by atoms with E-state index >= 15 is 0 Å². The molecule has 1 saturated heterocycles. The number of benzene rings is 3. The van der Waals surface area contributed by atoms with Crippen LogP contribution in [-0.4, -0.2) is 99.4 Å². The Morgan fingerprint density at radius 2 is 1.59 bits per heavy atom. The number of β-amino-alcohol motifs (C(OH)–C–C–N with tert-alkyl or cyclic N) is 1. The highest BCUT2D eigenvalue weighted by Crippen LogP contribution is 2.39. The molecule has 3 aromatic carbocycles. The monoisotopic (exact) mass is 991 g/mol. The second kappa shape index (κ2) is 23.0. The van der Waals surface area contributed by atoms with E-state index in [-0.39, 0.29) is 68.5 Å². The van der Waals surface area contributed by atoms with Crippen molar-refractivity contribution in [3.8, 4) is 10.4 Å². The van der Waals surface area contributed by atoms with E-state index in [2.05, 4.69) is 20.9 Å². The van der Waals surface area contributed by atoms with Gasteiger partial charge in [-0.2, -0.15) is 0 Å². The topological polar surface area (TPSA) is 239 Å². The first kappa shape index (κ1) is 52.8. The number of nitrogens with zero attached hydrogens (tertiary/aromatic N) is 3. The number of rotatable bonds is 20. The minimum atomic E-state index is -0.916. The second-order valence-corrected chi connectivity index (χ2v) is 21.4. The lowest BCUT2D eigenvalue weighted by Gasteiger charge is -2.35. The van der Waals surface area contributed by atoms with Gasteiger partial charge in [-0.15, -0.1) is 11.3 Å². The van der Waals surface area contributed by atoms with Crippen LogP contribution in [0.2, 0.25) is 0 Å². The molecule has 7 rings (SSSR count). The van der Waals surface area contributed by atoms with Gasteiger partial charge in [0.25, 0.3) is 0 Å². The summed E-state index contributed by atoms with van der Waals surface area (Å²) in [4.78, 5) is 88.9. The molecule has 8 atom stereocenters. The van der Waals surface area contributed by atoms with Crippen molar-refractivity contribution in [2.24, 2.45) is 16.9 Å². The molecule has 8 N–H and O–H groups in total. The number of hydrogen-bond acceptors (Lipinski definition) is 11. The van der Waals surface area contributed by atoms with Gasteiger partial charge in [0.2, 0.25) is 35.4 Å². The molecule has 3 aliphatic heterocycles. The van der Waals surface area contributed by atoms with Crippen molar-refractivity contribution in [3.63, 3.8) is 0 Å². The number of primary amides is 1. The van der Waals surface area contributed by atoms with Crippen molar-refractivity contribution < 1.29 is 38.6 Å². The smallest absolute Gasteiger partial charge is 0.246 e. The first-order valence-electron chi connectivity index (χ1n) is 24.8. The predicted molar refractivity (Wildman–Crippen MR) is 273 cm³/mol. The SMILES string of the molecule is Cc1ncsc1-c1ccc([C@H](C)NC(=O)[C@@H]2C[C@H](O)CN2C(=O)[C@@H](NC(=O)CCCCc2ccc(CO[C@H](C)[C@H](CCC(N)=O)NC(=O)[C@@H]3Cc4cccc5c4N3C(=O)[C@@H](N)CC5)cc2)C(C)(C)C)cc1. The van der Waals surface area contributed by atoms with E-state index in [9.17, 15) is 33.9 Å². The molecule has 0 bridgehead atoms. The van der Waals surface area contributed by atoms with Crippen LogP contribution in [0.15, 0.2) is 72.2 Å². The van der Waals surface area contributed by atoms with Gasteiger partial charge in [-0.1, -0.05) is 87.5 Å². The number of unbranched alkanes of at least 4 members (excludes halogenated alkanes) is 1. The average Bonchev–Trinajstić information content (AvgIpc) is 4.05. The van der Waals surface area contributed by atoms with Gasteiger partial charge in [0.15, 0.2) is 0 Å². The largest absolute Gasteiger partial charge is 0.391 e. The molecule has 0 aliphatic carbocycles. The molecule has 380 valence electrons. The third-order valence-corrected chi connectivity index (χ3v) is 15.0. The molecule has 17 heteroatoms. The van der Waals surface area contributed by atoms with Crippen LogP contribution in [0.4, 0.5) is 5.69 Å². The number of para-hydroxylation sites is 1. The van der Waals surface area contributed by atoms with Gasteiger partial charge in [0.1, 0.15) is 18.1 Å². The second-order valence-electron chi connectivity index (χ2n) is 20.5. The van der Waals surface area contributed by atoms with Crippen molar-refractivity contribution in [2.75, 3.05) is 11.4 Å². The molecule has 1 aromatic heterocycles. The van der Waals surface area contributed by atoms with Gasteiger partial charge < -0.3 is 42.2 Å². The van der Waals surface area contributed by atoms with Gasteiger partial charge in [-0.05, 0) is 98.1 Å². The lowest BCUT2D eigenvalue weighted by molar-refractivity contribution is -0.144. The van der Waals surface area contributed by atoms with E-state index in [0.717, 1.165) is 62.5 Å². The fourth-order valence-corrected chi connectivity index (χ4v) is 10.7. The van der Waals surface area contributed by atoms with Crippen LogP contribution < -0.4 is 32.3 Å². The number of aryl methyl sites for hydroxylation is 3. The summed E-state index contributed by atoms with van der Waals surface area (Å²) in [5.74, 6) is -2.14. The standard InChI is InChI=1S/C54H70N8O8S/c1-31(36-18-20-38(21-19-36)48-32(2)57-30-71-48)58-50(66)43-27-40(63)28-61(43)53(69)49(54(4,5)6)60-46(65)13-8-7-10-34-14-16-35(17-15-34)29-70-33(3)42(24-25-45(56)64)59-51(67)44-26-39-12-9-11-37-22-23-41(55)52(68)62(44)47(37)39/h9,11-12,14-21,30-31,33,40-44,49,63H,7-8,10,13,22-29,55H2,1-6H3,(H2,56,64)(H,58,66)(H,59,67)(H,60,65)/t31-,33+,40-,41-,42-,43-,44-,49+/m0/s1. The summed E-state index contributed by atoms with van der Waals surface area (Å²) >= 11 is 1.57. The van der Waals surface area contributed by atoms with Gasteiger partial charge in [-0.25, -0.2) is 4.98 Å². The molecule has 6 amide bonds. The number of hydrogen-bond donors (Lipinski definition) is 6. The highest BCUT2D eigenvalue weighted by molar-refractivity contribution is 7.13. The molecule has 1 fully saturated rings. The lowest BCUT2D eigenvalue weighted by atomic mass is 9.85. The van der Waals surface area contributed by atoms with E-state index in [0.29, 0.717) is 25.7 Å². The number of nitrogens with two attached hydrogens (primary N) is 2. The third kappa shape index (κ3) is 12.9. The van der Waals surface area contributed by atoms with E-state index in [1.54, 1.807) is 16.2 Å². The highest BCUT2D eigenvalue weighted by Gasteiger charge is 2.46. The summed E-state index contributed by atoms with van der Waals surface area (Å²) in [5, 5.41) is 19.8. The number of carbonyl (C=O) groups is 6. The number of likely N-dealkylation sites (tertiary alicyclic amines) is 1. The van der Waals surface area contributed by atoms with Crippen LogP contribution in [0.1, 0.15) is 119 Å². The molecular weight excluding hydrogens is 921 g/mol. The molecule has 4 heterocycles. The third-order valence-electron chi connectivity index (χ3n) is 14.1. The number of aromatic nitrogens is 1. The maximum atomic E-state index is 14.2. The number of nitrogens with one attached hydrogen (secondary N) is 3. The van der Waals surface area contributed by atoms with E-state index in [1.165, 1.54) is 4.90 Å². The molecule has 0 saturated carbocycles. The molecule has 0 spiro atoms. The Morgan fingerprint density at radius 1 is 0.901 bits per heavy atom. The number of anilines is 1. The highest BCUT2D eigenvalue weighted by atomic mass is 32.1. The Balaban J connectivity index is 0.867. The number of carbonyl (C=O) groups excluding carboxylic acids is 6. The maximum Gasteiger partial charge on any atom is 0.246 e. The quantitative estimate of drug-likeness (QED) is 0.0642. The number of thiazole rings is 1. The summed E-state index contributed by atoms with van der Waals surface area (Å²) in [6, 6.07) is 17.6. The van der Waals surface area contributed by atoms with Crippen molar-refractivity contribution in [3.05, 3.63) is 106 Å². The lowest BCUT2D eigenvalue weighted by Crippen LogP contribution is -2.57. The van der Waals surface area contributed by atoms with Crippen LogP contribution in [0, 0.1) is 12.3 Å². The van der Waals surface area contributed by atoms with Gasteiger partial charge >= 0.3 is 0 Å². The number of aliphatic hydroxyl groups is 1. The number of ether oxygens (including phenoxy) is 1. The number of aliphatic hydroxyl groups excluding tert-OH is 1.